The van der Waals surface area contributed by atoms with Crippen molar-refractivity contribution < 1.29 is 13.2 Å². The van der Waals surface area contributed by atoms with Gasteiger partial charge in [0, 0.05) is 10.2 Å². The van der Waals surface area contributed by atoms with Crippen molar-refractivity contribution in [2.75, 3.05) is 5.32 Å². The van der Waals surface area contributed by atoms with Crippen LogP contribution < -0.4 is 5.32 Å². The first-order valence-corrected chi connectivity index (χ1v) is 6.64. The third kappa shape index (κ3) is 3.53. The molecule has 0 spiro atoms. The van der Waals surface area contributed by atoms with E-state index in [0.717, 1.165) is 6.07 Å². The van der Waals surface area contributed by atoms with Crippen LogP contribution in [0.25, 0.3) is 0 Å². The summed E-state index contributed by atoms with van der Waals surface area (Å²) in [5, 5.41) is 2.74. The van der Waals surface area contributed by atoms with E-state index in [0.29, 0.717) is 0 Å². The van der Waals surface area contributed by atoms with Crippen LogP contribution in [-0.4, -0.2) is 9.97 Å². The lowest BCUT2D eigenvalue weighted by Crippen LogP contribution is -2.07. The molecule has 2 rings (SSSR count). The Kier molecular flexibility index (Phi) is 4.41. The summed E-state index contributed by atoms with van der Waals surface area (Å²) < 4.78 is 38.3. The lowest BCUT2D eigenvalue weighted by atomic mass is 10.2. The summed E-state index contributed by atoms with van der Waals surface area (Å²) >= 11 is 14.3. The highest BCUT2D eigenvalue weighted by Gasteiger charge is 2.33. The molecule has 9 heteroatoms. The Morgan fingerprint density at radius 2 is 1.90 bits per heavy atom. The van der Waals surface area contributed by atoms with E-state index in [9.17, 15) is 13.2 Å². The van der Waals surface area contributed by atoms with Crippen LogP contribution >= 0.6 is 39.1 Å². The fourth-order valence-corrected chi connectivity index (χ4v) is 2.13. The van der Waals surface area contributed by atoms with Crippen molar-refractivity contribution in [1.29, 1.82) is 0 Å². The predicted octanol–water partition coefficient (Wildman–Crippen LogP) is 5.31. The minimum Gasteiger partial charge on any atom is -0.339 e. The summed E-state index contributed by atoms with van der Waals surface area (Å²) in [7, 11) is 0. The molecular formula is C11H5BrCl2F3N3. The molecule has 0 aliphatic heterocycles. The number of nitrogens with one attached hydrogen (secondary N) is 1. The van der Waals surface area contributed by atoms with Gasteiger partial charge in [-0.1, -0.05) is 27.5 Å². The van der Waals surface area contributed by atoms with E-state index in [-0.39, 0.29) is 26.3 Å². The zero-order valence-electron chi connectivity index (χ0n) is 9.47. The summed E-state index contributed by atoms with van der Waals surface area (Å²) in [5.41, 5.74) is -0.629. The van der Waals surface area contributed by atoms with Crippen molar-refractivity contribution in [1.82, 2.24) is 9.97 Å². The summed E-state index contributed by atoms with van der Waals surface area (Å²) in [6, 6.07) is 3.67. The molecule has 1 N–H and O–H groups in total. The van der Waals surface area contributed by atoms with E-state index >= 15 is 0 Å². The molecule has 1 aromatic heterocycles. The number of hydrogen-bond donors (Lipinski definition) is 1. The number of hydrogen-bond acceptors (Lipinski definition) is 3. The maximum atomic E-state index is 12.8. The molecule has 0 atom stereocenters. The molecule has 0 bridgehead atoms. The largest absolute Gasteiger partial charge is 0.417 e. The maximum absolute atomic E-state index is 12.8. The maximum Gasteiger partial charge on any atom is 0.417 e. The van der Waals surface area contributed by atoms with Crippen LogP contribution in [0.5, 0.6) is 0 Å². The fraction of sp³-hybridized carbons (Fsp3) is 0.0909. The third-order valence-electron chi connectivity index (χ3n) is 2.25. The predicted molar refractivity (Wildman–Crippen MR) is 74.5 cm³/mol. The van der Waals surface area contributed by atoms with Crippen molar-refractivity contribution >= 4 is 50.6 Å². The van der Waals surface area contributed by atoms with Crippen molar-refractivity contribution in [2.45, 2.75) is 6.18 Å². The van der Waals surface area contributed by atoms with Gasteiger partial charge in [0.05, 0.1) is 11.8 Å². The average molecular weight is 387 g/mol. The SMILES string of the molecule is FC(F)(F)c1cc(Nc2nc(Cl)ncc2Cl)ccc1Br. The average Bonchev–Trinajstić information content (AvgIpc) is 2.35. The quantitative estimate of drug-likeness (QED) is 0.711. The molecular weight excluding hydrogens is 382 g/mol. The highest BCUT2D eigenvalue weighted by molar-refractivity contribution is 9.10. The molecule has 2 aromatic rings. The first-order chi connectivity index (χ1) is 9.27. The van der Waals surface area contributed by atoms with Gasteiger partial charge in [0.25, 0.3) is 0 Å². The van der Waals surface area contributed by atoms with E-state index in [4.69, 9.17) is 23.2 Å². The Labute approximate surface area is 130 Å². The zero-order chi connectivity index (χ0) is 14.9. The molecule has 0 fully saturated rings. The lowest BCUT2D eigenvalue weighted by Gasteiger charge is -2.12. The van der Waals surface area contributed by atoms with E-state index in [2.05, 4.69) is 31.2 Å². The monoisotopic (exact) mass is 385 g/mol. The normalized spacial score (nSPS) is 11.5. The molecule has 1 aromatic carbocycles. The molecule has 0 aliphatic rings. The summed E-state index contributed by atoms with van der Waals surface area (Å²) in [6.07, 6.45) is -3.22. The Morgan fingerprint density at radius 3 is 2.55 bits per heavy atom. The van der Waals surface area contributed by atoms with Crippen LogP contribution in [0.15, 0.2) is 28.9 Å². The van der Waals surface area contributed by atoms with Crippen molar-refractivity contribution in [2.24, 2.45) is 0 Å². The number of anilines is 2. The van der Waals surface area contributed by atoms with Crippen molar-refractivity contribution in [3.05, 3.63) is 44.7 Å². The number of benzene rings is 1. The highest BCUT2D eigenvalue weighted by atomic mass is 79.9. The third-order valence-corrected chi connectivity index (χ3v) is 3.40. The fourth-order valence-electron chi connectivity index (χ4n) is 1.39. The van der Waals surface area contributed by atoms with Crippen LogP contribution in [0.1, 0.15) is 5.56 Å². The topological polar surface area (TPSA) is 37.8 Å². The minimum absolute atomic E-state index is 0.0534. The van der Waals surface area contributed by atoms with Gasteiger partial charge in [-0.15, -0.1) is 0 Å². The second-order valence-corrected chi connectivity index (χ2v) is 5.25. The van der Waals surface area contributed by atoms with Gasteiger partial charge in [0.2, 0.25) is 5.28 Å². The first kappa shape index (κ1) is 15.3. The van der Waals surface area contributed by atoms with Crippen LogP contribution in [0, 0.1) is 0 Å². The standard InChI is InChI=1S/C11H5BrCl2F3N3/c12-7-2-1-5(3-6(7)11(15,16)17)19-9-8(13)4-18-10(14)20-9/h1-4H,(H,18,19,20). The van der Waals surface area contributed by atoms with Gasteiger partial charge in [-0.2, -0.15) is 18.2 Å². The minimum atomic E-state index is -4.47. The molecule has 0 saturated heterocycles. The van der Waals surface area contributed by atoms with E-state index in [1.807, 2.05) is 0 Å². The van der Waals surface area contributed by atoms with Gasteiger partial charge in [-0.3, -0.25) is 0 Å². The first-order valence-electron chi connectivity index (χ1n) is 5.09. The highest BCUT2D eigenvalue weighted by Crippen LogP contribution is 2.37. The number of aromatic nitrogens is 2. The van der Waals surface area contributed by atoms with Crippen molar-refractivity contribution in [3.8, 4) is 0 Å². The molecule has 1 heterocycles. The van der Waals surface area contributed by atoms with Gasteiger partial charge in [-0.05, 0) is 29.8 Å². The number of halogens is 6. The van der Waals surface area contributed by atoms with Gasteiger partial charge >= 0.3 is 6.18 Å². The smallest absolute Gasteiger partial charge is 0.339 e. The number of nitrogens with zero attached hydrogens (tertiary/aromatic N) is 2. The van der Waals surface area contributed by atoms with Gasteiger partial charge in [0.15, 0.2) is 5.82 Å². The summed E-state index contributed by atoms with van der Waals surface area (Å²) in [4.78, 5) is 7.45. The van der Waals surface area contributed by atoms with Crippen LogP contribution in [0.4, 0.5) is 24.7 Å². The Balaban J connectivity index is 2.37. The van der Waals surface area contributed by atoms with Crippen LogP contribution in [0.3, 0.4) is 0 Å². The van der Waals surface area contributed by atoms with Crippen molar-refractivity contribution in [3.63, 3.8) is 0 Å². The van der Waals surface area contributed by atoms with E-state index in [1.165, 1.54) is 18.3 Å². The Morgan fingerprint density at radius 1 is 1.20 bits per heavy atom. The van der Waals surface area contributed by atoms with Gasteiger partial charge in [0.1, 0.15) is 5.02 Å². The summed E-state index contributed by atoms with van der Waals surface area (Å²) in [5.74, 6) is 0.127. The zero-order valence-corrected chi connectivity index (χ0v) is 12.6. The summed E-state index contributed by atoms with van der Waals surface area (Å²) in [6.45, 7) is 0. The molecule has 0 aliphatic carbocycles. The molecule has 0 amide bonds. The van der Waals surface area contributed by atoms with Crippen LogP contribution in [-0.2, 0) is 6.18 Å². The second kappa shape index (κ2) is 5.75. The number of alkyl halides is 3. The Hall–Kier alpha value is -1.05. The van der Waals surface area contributed by atoms with E-state index < -0.39 is 11.7 Å². The molecule has 106 valence electrons. The van der Waals surface area contributed by atoms with Gasteiger partial charge in [-0.25, -0.2) is 4.98 Å². The molecule has 0 radical (unpaired) electrons. The van der Waals surface area contributed by atoms with Crippen LogP contribution in [0.2, 0.25) is 10.3 Å². The molecule has 0 saturated carbocycles. The Bertz CT molecular complexity index is 649. The molecule has 3 nitrogen and oxygen atoms in total. The number of rotatable bonds is 2. The second-order valence-electron chi connectivity index (χ2n) is 3.65. The van der Waals surface area contributed by atoms with E-state index in [1.54, 1.807) is 0 Å². The molecule has 0 unspecified atom stereocenters. The molecule has 20 heavy (non-hydrogen) atoms. The van der Waals surface area contributed by atoms with Gasteiger partial charge < -0.3 is 5.32 Å². The lowest BCUT2D eigenvalue weighted by molar-refractivity contribution is -0.138.